The first-order chi connectivity index (χ1) is 14.9. The Labute approximate surface area is 186 Å². The second kappa shape index (κ2) is 8.69. The van der Waals surface area contributed by atoms with Crippen molar-refractivity contribution in [2.75, 3.05) is 5.32 Å². The minimum atomic E-state index is -0.385. The molecule has 31 heavy (non-hydrogen) atoms. The first-order valence-electron chi connectivity index (χ1n) is 9.57. The average molecular weight is 479 g/mol. The van der Waals surface area contributed by atoms with E-state index in [1.807, 2.05) is 56.3 Å². The third-order valence-electron chi connectivity index (χ3n) is 4.75. The molecule has 0 aliphatic rings. The number of benzene rings is 2. The summed E-state index contributed by atoms with van der Waals surface area (Å²) in [5.74, 6) is 0.184. The van der Waals surface area contributed by atoms with Crippen molar-refractivity contribution in [3.63, 3.8) is 0 Å². The average Bonchev–Trinajstić information content (AvgIpc) is 3.22. The van der Waals surface area contributed by atoms with E-state index in [1.54, 1.807) is 18.3 Å². The second-order valence-electron chi connectivity index (χ2n) is 7.15. The Morgan fingerprint density at radius 2 is 1.90 bits per heavy atom. The molecule has 0 unspecified atom stereocenters. The Kier molecular flexibility index (Phi) is 5.81. The monoisotopic (exact) mass is 478 g/mol. The van der Waals surface area contributed by atoms with Crippen LogP contribution in [0, 0.1) is 13.8 Å². The molecule has 7 nitrogen and oxygen atoms in total. The maximum absolute atomic E-state index is 12.9. The summed E-state index contributed by atoms with van der Waals surface area (Å²) in [5.41, 5.74) is 3.40. The van der Waals surface area contributed by atoms with E-state index in [2.05, 4.69) is 31.4 Å². The lowest BCUT2D eigenvalue weighted by atomic mass is 10.1. The van der Waals surface area contributed by atoms with Gasteiger partial charge in [0, 0.05) is 21.9 Å². The molecule has 0 saturated carbocycles. The summed E-state index contributed by atoms with van der Waals surface area (Å²) in [6.07, 6.45) is 1.55. The molecule has 2 aromatic heterocycles. The van der Waals surface area contributed by atoms with E-state index in [-0.39, 0.29) is 29.5 Å². The zero-order valence-electron chi connectivity index (χ0n) is 16.9. The number of amides is 1. The molecule has 156 valence electrons. The number of nitrogens with zero attached hydrogens (tertiary/aromatic N) is 3. The van der Waals surface area contributed by atoms with Gasteiger partial charge in [0.25, 0.3) is 11.4 Å². The summed E-state index contributed by atoms with van der Waals surface area (Å²) in [4.78, 5) is 29.8. The molecule has 0 aliphatic heterocycles. The van der Waals surface area contributed by atoms with Crippen molar-refractivity contribution in [1.29, 1.82) is 0 Å². The van der Waals surface area contributed by atoms with Crippen LogP contribution in [0.3, 0.4) is 0 Å². The van der Waals surface area contributed by atoms with Crippen LogP contribution in [0.4, 0.5) is 5.69 Å². The number of pyridine rings is 1. The number of hydrogen-bond donors (Lipinski definition) is 1. The van der Waals surface area contributed by atoms with E-state index in [9.17, 15) is 9.59 Å². The zero-order chi connectivity index (χ0) is 22.0. The molecule has 2 heterocycles. The predicted molar refractivity (Wildman–Crippen MR) is 122 cm³/mol. The SMILES string of the molecule is Cc1ccc(NC(=O)Cn2cccc(-c3nc(-c4ccc(Br)cc4)no3)c2=O)c(C)c1. The molecule has 0 fully saturated rings. The number of aryl methyl sites for hydroxylation is 2. The van der Waals surface area contributed by atoms with Gasteiger partial charge in [-0.3, -0.25) is 9.59 Å². The smallest absolute Gasteiger partial charge is 0.263 e. The Bertz CT molecular complexity index is 1310. The highest BCUT2D eigenvalue weighted by atomic mass is 79.9. The van der Waals surface area contributed by atoms with E-state index in [4.69, 9.17) is 4.52 Å². The molecule has 0 bridgehead atoms. The highest BCUT2D eigenvalue weighted by molar-refractivity contribution is 9.10. The van der Waals surface area contributed by atoms with Gasteiger partial charge in [-0.2, -0.15) is 4.98 Å². The Morgan fingerprint density at radius 1 is 1.13 bits per heavy atom. The zero-order valence-corrected chi connectivity index (χ0v) is 18.5. The van der Waals surface area contributed by atoms with Crippen molar-refractivity contribution >= 4 is 27.5 Å². The van der Waals surface area contributed by atoms with Crippen LogP contribution in [0.25, 0.3) is 22.8 Å². The molecule has 1 amide bonds. The number of rotatable bonds is 5. The van der Waals surface area contributed by atoms with Gasteiger partial charge < -0.3 is 14.4 Å². The van der Waals surface area contributed by atoms with E-state index in [0.29, 0.717) is 5.82 Å². The molecular formula is C23H19BrN4O3. The van der Waals surface area contributed by atoms with Crippen molar-refractivity contribution in [3.8, 4) is 22.8 Å². The summed E-state index contributed by atoms with van der Waals surface area (Å²) in [7, 11) is 0. The van der Waals surface area contributed by atoms with Gasteiger partial charge in [-0.25, -0.2) is 0 Å². The molecule has 4 rings (SSSR count). The minimum absolute atomic E-state index is 0.104. The molecule has 0 saturated heterocycles. The van der Waals surface area contributed by atoms with Crippen LogP contribution < -0.4 is 10.9 Å². The van der Waals surface area contributed by atoms with Crippen molar-refractivity contribution in [1.82, 2.24) is 14.7 Å². The normalized spacial score (nSPS) is 10.8. The van der Waals surface area contributed by atoms with Crippen LogP contribution in [0.1, 0.15) is 11.1 Å². The van der Waals surface area contributed by atoms with E-state index in [0.717, 1.165) is 26.9 Å². The van der Waals surface area contributed by atoms with E-state index < -0.39 is 0 Å². The lowest BCUT2D eigenvalue weighted by molar-refractivity contribution is -0.116. The van der Waals surface area contributed by atoms with Crippen LogP contribution in [0.5, 0.6) is 0 Å². The molecule has 0 radical (unpaired) electrons. The Balaban J connectivity index is 1.55. The van der Waals surface area contributed by atoms with Gasteiger partial charge in [0.2, 0.25) is 11.7 Å². The molecule has 1 N–H and O–H groups in total. The first kappa shape index (κ1) is 20.7. The third kappa shape index (κ3) is 4.64. The molecule has 8 heteroatoms. The third-order valence-corrected chi connectivity index (χ3v) is 5.28. The summed E-state index contributed by atoms with van der Waals surface area (Å²) < 4.78 is 7.56. The number of nitrogens with one attached hydrogen (secondary N) is 1. The van der Waals surface area contributed by atoms with Gasteiger partial charge >= 0.3 is 0 Å². The highest BCUT2D eigenvalue weighted by Gasteiger charge is 2.16. The van der Waals surface area contributed by atoms with Gasteiger partial charge in [-0.05, 0) is 61.9 Å². The molecule has 4 aromatic rings. The lowest BCUT2D eigenvalue weighted by Crippen LogP contribution is -2.28. The predicted octanol–water partition coefficient (Wildman–Crippen LogP) is 4.58. The van der Waals surface area contributed by atoms with Crippen LogP contribution in [-0.2, 0) is 11.3 Å². The number of halogens is 1. The van der Waals surface area contributed by atoms with E-state index >= 15 is 0 Å². The summed E-state index contributed by atoms with van der Waals surface area (Å²) in [6.45, 7) is 3.78. The van der Waals surface area contributed by atoms with Gasteiger partial charge in [-0.15, -0.1) is 0 Å². The van der Waals surface area contributed by atoms with Crippen molar-refractivity contribution in [2.45, 2.75) is 20.4 Å². The summed E-state index contributed by atoms with van der Waals surface area (Å²) in [5, 5.41) is 6.82. The van der Waals surface area contributed by atoms with Crippen LogP contribution in [-0.4, -0.2) is 20.6 Å². The number of carbonyl (C=O) groups excluding carboxylic acids is 1. The maximum atomic E-state index is 12.9. The topological polar surface area (TPSA) is 90.0 Å². The second-order valence-corrected chi connectivity index (χ2v) is 8.07. The maximum Gasteiger partial charge on any atom is 0.263 e. The molecule has 0 atom stereocenters. The largest absolute Gasteiger partial charge is 0.333 e. The number of hydrogen-bond acceptors (Lipinski definition) is 5. The fourth-order valence-electron chi connectivity index (χ4n) is 3.17. The molecular weight excluding hydrogens is 460 g/mol. The molecule has 0 aliphatic carbocycles. The first-order valence-corrected chi connectivity index (χ1v) is 10.4. The van der Waals surface area contributed by atoms with Crippen molar-refractivity contribution in [3.05, 3.63) is 86.7 Å². The van der Waals surface area contributed by atoms with Gasteiger partial charge in [-0.1, -0.05) is 38.8 Å². The fraction of sp³-hybridized carbons (Fsp3) is 0.130. The minimum Gasteiger partial charge on any atom is -0.333 e. The quantitative estimate of drug-likeness (QED) is 0.453. The fourth-order valence-corrected chi connectivity index (χ4v) is 3.44. The number of aromatic nitrogens is 3. The highest BCUT2D eigenvalue weighted by Crippen LogP contribution is 2.22. The van der Waals surface area contributed by atoms with Gasteiger partial charge in [0.1, 0.15) is 12.1 Å². The standard InChI is InChI=1S/C23H19BrN4O3/c1-14-5-10-19(15(2)12-14)25-20(29)13-28-11-3-4-18(23(28)30)22-26-21(27-31-22)16-6-8-17(24)9-7-16/h3-12H,13H2,1-2H3,(H,25,29). The number of carbonyl (C=O) groups is 1. The van der Waals surface area contributed by atoms with E-state index in [1.165, 1.54) is 4.57 Å². The van der Waals surface area contributed by atoms with Gasteiger partial charge in [0.05, 0.1) is 0 Å². The molecule has 2 aromatic carbocycles. The van der Waals surface area contributed by atoms with Crippen molar-refractivity contribution < 1.29 is 9.32 Å². The van der Waals surface area contributed by atoms with Crippen LogP contribution in [0.2, 0.25) is 0 Å². The lowest BCUT2D eigenvalue weighted by Gasteiger charge is -2.10. The molecule has 0 spiro atoms. The van der Waals surface area contributed by atoms with Crippen LogP contribution >= 0.6 is 15.9 Å². The summed E-state index contributed by atoms with van der Waals surface area (Å²) in [6, 6.07) is 16.5. The van der Waals surface area contributed by atoms with Crippen molar-refractivity contribution in [2.24, 2.45) is 0 Å². The Morgan fingerprint density at radius 3 is 2.65 bits per heavy atom. The number of anilines is 1. The Hall–Kier alpha value is -3.52. The van der Waals surface area contributed by atoms with Crippen LogP contribution in [0.15, 0.2) is 74.6 Å². The van der Waals surface area contributed by atoms with Gasteiger partial charge in [0.15, 0.2) is 0 Å². The summed E-state index contributed by atoms with van der Waals surface area (Å²) >= 11 is 3.38.